The summed E-state index contributed by atoms with van der Waals surface area (Å²) < 4.78 is 43.0. The molecule has 4 nitrogen and oxygen atoms in total. The summed E-state index contributed by atoms with van der Waals surface area (Å²) in [5, 5.41) is 0. The van der Waals surface area contributed by atoms with E-state index in [2.05, 4.69) is 179 Å². The van der Waals surface area contributed by atoms with E-state index in [1.165, 1.54) is 110 Å². The summed E-state index contributed by atoms with van der Waals surface area (Å²) in [7, 11) is -4.71. The van der Waals surface area contributed by atoms with E-state index >= 15 is 4.57 Å². The molecular formula is C78H123O4P. The summed E-state index contributed by atoms with van der Waals surface area (Å²) in [6.45, 7) is 44.2. The molecule has 83 heavy (non-hydrogen) atoms. The Kier molecular flexibility index (Phi) is 21.7. The van der Waals surface area contributed by atoms with Gasteiger partial charge in [0, 0.05) is 0 Å². The van der Waals surface area contributed by atoms with Crippen molar-refractivity contribution in [2.75, 3.05) is 0 Å². The Morgan fingerprint density at radius 1 is 0.289 bits per heavy atom. The van der Waals surface area contributed by atoms with Crippen LogP contribution >= 0.6 is 7.82 Å². The molecule has 0 bridgehead atoms. The van der Waals surface area contributed by atoms with E-state index in [1.54, 1.807) is 0 Å². The second kappa shape index (κ2) is 27.8. The third-order valence-corrected chi connectivity index (χ3v) is 25.6. The molecule has 9 rings (SSSR count). The molecule has 0 N–H and O–H groups in total. The third-order valence-electron chi connectivity index (χ3n) is 24.4. The molecular weight excluding hydrogens is 1030 g/mol. The van der Waals surface area contributed by atoms with Crippen molar-refractivity contribution in [2.45, 2.75) is 276 Å². The number of hydrogen-bond acceptors (Lipinski definition) is 4. The Bertz CT molecular complexity index is 2180. The minimum Gasteiger partial charge on any atom is -0.385 e. The first-order valence-corrected chi connectivity index (χ1v) is 37.0. The first-order chi connectivity index (χ1) is 39.4. The number of para-hydroxylation sites is 3. The van der Waals surface area contributed by atoms with Gasteiger partial charge in [0.05, 0.1) is 0 Å². The number of benzene rings is 3. The second-order valence-electron chi connectivity index (χ2n) is 32.6. The number of phosphoric acid groups is 1. The summed E-state index contributed by atoms with van der Waals surface area (Å²) in [6, 6.07) is 21.5. The van der Waals surface area contributed by atoms with Crippen LogP contribution in [0.2, 0.25) is 0 Å². The molecule has 0 amide bonds. The number of hydrogen-bond donors (Lipinski definition) is 0. The highest BCUT2D eigenvalue weighted by molar-refractivity contribution is 7.49. The van der Waals surface area contributed by atoms with Crippen molar-refractivity contribution in [3.63, 3.8) is 0 Å². The molecule has 0 aromatic heterocycles. The van der Waals surface area contributed by atoms with Gasteiger partial charge >= 0.3 is 7.82 Å². The minimum atomic E-state index is -4.71. The van der Waals surface area contributed by atoms with E-state index in [-0.39, 0.29) is 35.5 Å². The van der Waals surface area contributed by atoms with Crippen molar-refractivity contribution in [3.8, 4) is 17.2 Å². The molecule has 0 radical (unpaired) electrons. The molecule has 18 unspecified atom stereocenters. The fourth-order valence-corrected chi connectivity index (χ4v) is 21.0. The molecule has 5 heteroatoms. The van der Waals surface area contributed by atoms with E-state index in [9.17, 15) is 0 Å². The van der Waals surface area contributed by atoms with E-state index < -0.39 is 7.82 Å². The van der Waals surface area contributed by atoms with Gasteiger partial charge in [-0.3, -0.25) is 0 Å². The molecule has 6 saturated carbocycles. The first-order valence-electron chi connectivity index (χ1n) is 35.5. The Morgan fingerprint density at radius 2 is 0.446 bits per heavy atom. The molecule has 0 saturated heterocycles. The number of rotatable bonds is 18. The molecule has 3 aromatic rings. The normalized spacial score (nSPS) is 35.5. The zero-order valence-corrected chi connectivity index (χ0v) is 57.3. The molecule has 18 atom stereocenters. The largest absolute Gasteiger partial charge is 0.647 e. The average molecular weight is 1160 g/mol. The summed E-state index contributed by atoms with van der Waals surface area (Å²) in [5.41, 5.74) is 7.45. The second-order valence-corrected chi connectivity index (χ2v) is 34.1. The molecule has 6 fully saturated rings. The van der Waals surface area contributed by atoms with Crippen LogP contribution in [0.1, 0.15) is 309 Å². The van der Waals surface area contributed by atoms with E-state index in [1.807, 2.05) is 0 Å². The molecule has 6 aliphatic carbocycles. The van der Waals surface area contributed by atoms with Crippen LogP contribution in [-0.2, 0) is 4.57 Å². The standard InChI is InChI=1S/C78H123O4P/c1-46(2)58-34-28-52(13)40-70(58)64-22-19-23-65(71-41-53(14)29-35-59(71)47(3)4)76(64)80-83(79,81-77-66(72-42-54(15)30-36-60(72)48(5)6)24-20-25-67(77)73-43-55(16)31-37-61(73)49(7)8)82-78-68(74-44-56(17)32-38-62(74)50(9)10)26-21-27-69(78)75-45-57(18)33-39-63(75)51(11)12/h19-27,46-63,70-75H,28-45H2,1-18H3. The lowest BCUT2D eigenvalue weighted by atomic mass is 9.65. The fourth-order valence-electron chi connectivity index (χ4n) is 19.5. The van der Waals surface area contributed by atoms with Crippen LogP contribution < -0.4 is 13.6 Å². The summed E-state index contributed by atoms with van der Waals surface area (Å²) in [6.07, 6.45) is 21.3. The van der Waals surface area contributed by atoms with Gasteiger partial charge in [0.1, 0.15) is 17.2 Å². The lowest BCUT2D eigenvalue weighted by molar-refractivity contribution is 0.182. The zero-order valence-electron chi connectivity index (χ0n) is 56.4. The molecule has 464 valence electrons. The molecule has 0 aliphatic heterocycles. The molecule has 0 spiro atoms. The van der Waals surface area contributed by atoms with Gasteiger partial charge in [0.2, 0.25) is 0 Å². The van der Waals surface area contributed by atoms with Gasteiger partial charge in [0.25, 0.3) is 0 Å². The Morgan fingerprint density at radius 3 is 0.590 bits per heavy atom. The first kappa shape index (κ1) is 64.8. The SMILES string of the molecule is CC1CCC(C(C)C)C(c2cccc(C3CC(C)CCC3C(C)C)c2OP(=O)(Oc2c(C3CC(C)CCC3C(C)C)cccc2C2CC(C)CCC2C(C)C)Oc2c(C3CC(C)CCC3C(C)C)cccc2C2CC(C)CCC2C(C)C)C1. The predicted octanol–water partition coefficient (Wildman–Crippen LogP) is 24.4. The highest BCUT2D eigenvalue weighted by Crippen LogP contribution is 2.63. The maximum atomic E-state index is 18.5. The van der Waals surface area contributed by atoms with Gasteiger partial charge in [-0.05, 0) is 252 Å². The van der Waals surface area contributed by atoms with E-state index in [0.29, 0.717) is 107 Å². The van der Waals surface area contributed by atoms with Gasteiger partial charge in [-0.2, -0.15) is 4.57 Å². The van der Waals surface area contributed by atoms with Crippen LogP contribution in [0, 0.1) is 107 Å². The fraction of sp³-hybridized carbons (Fsp3) is 0.769. The Hall–Kier alpha value is -2.71. The van der Waals surface area contributed by atoms with Crippen molar-refractivity contribution >= 4 is 7.82 Å². The van der Waals surface area contributed by atoms with Gasteiger partial charge in [-0.15, -0.1) is 0 Å². The van der Waals surface area contributed by atoms with Crippen molar-refractivity contribution in [1.29, 1.82) is 0 Å². The van der Waals surface area contributed by atoms with Crippen LogP contribution in [0.25, 0.3) is 0 Å². The van der Waals surface area contributed by atoms with Crippen molar-refractivity contribution in [1.82, 2.24) is 0 Å². The molecule has 0 heterocycles. The minimum absolute atomic E-state index is 0.267. The predicted molar refractivity (Wildman–Crippen MR) is 353 cm³/mol. The highest BCUT2D eigenvalue weighted by Gasteiger charge is 2.48. The van der Waals surface area contributed by atoms with Crippen LogP contribution in [0.5, 0.6) is 17.2 Å². The van der Waals surface area contributed by atoms with Gasteiger partial charge in [0.15, 0.2) is 0 Å². The maximum Gasteiger partial charge on any atom is 0.647 e. The van der Waals surface area contributed by atoms with Gasteiger partial charge in [-0.1, -0.05) is 218 Å². The third kappa shape index (κ3) is 14.6. The topological polar surface area (TPSA) is 44.8 Å². The van der Waals surface area contributed by atoms with Crippen LogP contribution in [0.4, 0.5) is 0 Å². The number of phosphoric ester groups is 1. The van der Waals surface area contributed by atoms with Gasteiger partial charge in [-0.25, -0.2) is 0 Å². The van der Waals surface area contributed by atoms with Crippen LogP contribution in [-0.4, -0.2) is 0 Å². The van der Waals surface area contributed by atoms with Gasteiger partial charge < -0.3 is 13.6 Å². The average Bonchev–Trinajstić information content (AvgIpc) is 3.59. The summed E-state index contributed by atoms with van der Waals surface area (Å²) in [4.78, 5) is 0. The Labute approximate surface area is 510 Å². The Balaban J connectivity index is 1.37. The van der Waals surface area contributed by atoms with E-state index in [0.717, 1.165) is 55.8 Å². The van der Waals surface area contributed by atoms with Crippen LogP contribution in [0.3, 0.4) is 0 Å². The maximum absolute atomic E-state index is 18.5. The summed E-state index contributed by atoms with van der Waals surface area (Å²) >= 11 is 0. The van der Waals surface area contributed by atoms with Crippen molar-refractivity contribution in [2.24, 2.45) is 107 Å². The van der Waals surface area contributed by atoms with Crippen LogP contribution in [0.15, 0.2) is 54.6 Å². The monoisotopic (exact) mass is 1150 g/mol. The zero-order chi connectivity index (χ0) is 59.8. The summed E-state index contributed by atoms with van der Waals surface area (Å²) in [5.74, 6) is 13.6. The lowest BCUT2D eigenvalue weighted by Gasteiger charge is -2.43. The quantitative estimate of drug-likeness (QED) is 0.119. The smallest absolute Gasteiger partial charge is 0.385 e. The highest BCUT2D eigenvalue weighted by atomic mass is 31.2. The van der Waals surface area contributed by atoms with E-state index in [4.69, 9.17) is 13.6 Å². The van der Waals surface area contributed by atoms with Crippen molar-refractivity contribution < 1.29 is 18.1 Å². The molecule has 3 aromatic carbocycles. The molecule has 6 aliphatic rings. The lowest BCUT2D eigenvalue weighted by Crippen LogP contribution is -2.30. The van der Waals surface area contributed by atoms with Crippen molar-refractivity contribution in [3.05, 3.63) is 88.0 Å².